The Morgan fingerprint density at radius 1 is 1.06 bits per heavy atom. The summed E-state index contributed by atoms with van der Waals surface area (Å²) in [5, 5.41) is 15.1. The van der Waals surface area contributed by atoms with Crippen LogP contribution < -0.4 is 15.4 Å². The molecule has 1 heterocycles. The Balaban J connectivity index is 1.54. The Morgan fingerprint density at radius 3 is 2.35 bits per heavy atom. The van der Waals surface area contributed by atoms with Crippen LogP contribution in [0.1, 0.15) is 32.3 Å². The van der Waals surface area contributed by atoms with Gasteiger partial charge in [0.15, 0.2) is 6.10 Å². The van der Waals surface area contributed by atoms with Crippen molar-refractivity contribution in [3.8, 4) is 11.8 Å². The van der Waals surface area contributed by atoms with Crippen molar-refractivity contribution >= 4 is 17.6 Å². The fourth-order valence-corrected chi connectivity index (χ4v) is 3.57. The summed E-state index contributed by atoms with van der Waals surface area (Å²) >= 11 is 0. The quantitative estimate of drug-likeness (QED) is 0.744. The number of piperidine rings is 1. The van der Waals surface area contributed by atoms with Gasteiger partial charge in [0.25, 0.3) is 5.91 Å². The summed E-state index contributed by atoms with van der Waals surface area (Å²) in [5.41, 5.74) is 1.15. The summed E-state index contributed by atoms with van der Waals surface area (Å²) in [5.74, 6) is 0.285. The molecule has 0 saturated carbocycles. The summed E-state index contributed by atoms with van der Waals surface area (Å²) in [7, 11) is 0. The van der Waals surface area contributed by atoms with E-state index in [1.165, 1.54) is 0 Å². The highest BCUT2D eigenvalue weighted by atomic mass is 16.5. The molecule has 7 nitrogen and oxygen atoms in total. The molecule has 0 aliphatic carbocycles. The molecular formula is C24H28N4O3. The molecule has 1 fully saturated rings. The number of nitrogens with one attached hydrogen (secondary N) is 2. The molecule has 31 heavy (non-hydrogen) atoms. The van der Waals surface area contributed by atoms with Gasteiger partial charge in [-0.2, -0.15) is 5.26 Å². The number of carbonyl (C=O) groups is 2. The zero-order valence-corrected chi connectivity index (χ0v) is 17.9. The number of hydrogen-bond acceptors (Lipinski definition) is 4. The van der Waals surface area contributed by atoms with Gasteiger partial charge in [-0.1, -0.05) is 44.2 Å². The molecule has 3 amide bonds. The van der Waals surface area contributed by atoms with Gasteiger partial charge in [0.05, 0.1) is 5.56 Å². The molecule has 7 heteroatoms. The normalized spacial score (nSPS) is 15.1. The lowest BCUT2D eigenvalue weighted by atomic mass is 10.0. The van der Waals surface area contributed by atoms with E-state index in [9.17, 15) is 14.9 Å². The van der Waals surface area contributed by atoms with Gasteiger partial charge in [-0.3, -0.25) is 4.79 Å². The Hall–Kier alpha value is -3.53. The van der Waals surface area contributed by atoms with E-state index < -0.39 is 6.10 Å². The zero-order valence-electron chi connectivity index (χ0n) is 17.9. The molecule has 0 radical (unpaired) electrons. The van der Waals surface area contributed by atoms with Crippen LogP contribution >= 0.6 is 0 Å². The average molecular weight is 421 g/mol. The minimum absolute atomic E-state index is 0.00509. The first kappa shape index (κ1) is 22.2. The highest BCUT2D eigenvalue weighted by Crippen LogP contribution is 2.23. The summed E-state index contributed by atoms with van der Waals surface area (Å²) < 4.78 is 5.98. The fraction of sp³-hybridized carbons (Fsp3) is 0.375. The molecule has 0 spiro atoms. The summed E-state index contributed by atoms with van der Waals surface area (Å²) in [6, 6.07) is 18.1. The third-order valence-electron chi connectivity index (χ3n) is 5.28. The fourth-order valence-electron chi connectivity index (χ4n) is 3.57. The van der Waals surface area contributed by atoms with Gasteiger partial charge in [0, 0.05) is 24.8 Å². The number of hydrogen-bond donors (Lipinski definition) is 2. The van der Waals surface area contributed by atoms with Gasteiger partial charge in [-0.05, 0) is 43.0 Å². The monoisotopic (exact) mass is 420 g/mol. The van der Waals surface area contributed by atoms with Crippen LogP contribution in [-0.2, 0) is 4.79 Å². The van der Waals surface area contributed by atoms with Crippen LogP contribution in [0.25, 0.3) is 0 Å². The van der Waals surface area contributed by atoms with Crippen LogP contribution in [0.4, 0.5) is 10.5 Å². The van der Waals surface area contributed by atoms with E-state index in [0.717, 1.165) is 5.69 Å². The van der Waals surface area contributed by atoms with Gasteiger partial charge in [-0.15, -0.1) is 0 Å². The first-order chi connectivity index (χ1) is 15.0. The van der Waals surface area contributed by atoms with Crippen molar-refractivity contribution in [1.82, 2.24) is 10.2 Å². The predicted molar refractivity (Wildman–Crippen MR) is 119 cm³/mol. The van der Waals surface area contributed by atoms with Crippen molar-refractivity contribution in [3.05, 3.63) is 60.2 Å². The SMILES string of the molecule is CC(C)C(Oc1ccccc1C#N)C(=O)N1CCC(NC(=O)Nc2ccccc2)CC1. The van der Waals surface area contributed by atoms with E-state index in [-0.39, 0.29) is 23.9 Å². The van der Waals surface area contributed by atoms with E-state index in [1.807, 2.05) is 44.2 Å². The van der Waals surface area contributed by atoms with E-state index in [1.54, 1.807) is 29.2 Å². The number of nitrogens with zero attached hydrogens (tertiary/aromatic N) is 2. The van der Waals surface area contributed by atoms with Crippen LogP contribution in [0.3, 0.4) is 0 Å². The minimum Gasteiger partial charge on any atom is -0.479 e. The predicted octanol–water partition coefficient (Wildman–Crippen LogP) is 3.77. The second-order valence-electron chi connectivity index (χ2n) is 7.95. The lowest BCUT2D eigenvalue weighted by Crippen LogP contribution is -2.51. The Kier molecular flexibility index (Phi) is 7.50. The molecule has 2 aromatic rings. The number of urea groups is 1. The van der Waals surface area contributed by atoms with Gasteiger partial charge < -0.3 is 20.3 Å². The first-order valence-corrected chi connectivity index (χ1v) is 10.5. The maximum atomic E-state index is 13.1. The number of anilines is 1. The highest BCUT2D eigenvalue weighted by molar-refractivity contribution is 5.89. The van der Waals surface area contributed by atoms with Crippen LogP contribution in [0.5, 0.6) is 5.75 Å². The van der Waals surface area contributed by atoms with Crippen molar-refractivity contribution < 1.29 is 14.3 Å². The second-order valence-corrected chi connectivity index (χ2v) is 7.95. The summed E-state index contributed by atoms with van der Waals surface area (Å²) in [4.78, 5) is 27.1. The number of ether oxygens (including phenoxy) is 1. The largest absolute Gasteiger partial charge is 0.479 e. The number of amides is 3. The lowest BCUT2D eigenvalue weighted by molar-refractivity contribution is -0.141. The highest BCUT2D eigenvalue weighted by Gasteiger charge is 2.32. The number of benzene rings is 2. The lowest BCUT2D eigenvalue weighted by Gasteiger charge is -2.35. The van der Waals surface area contributed by atoms with Crippen LogP contribution in [0.15, 0.2) is 54.6 Å². The van der Waals surface area contributed by atoms with Crippen molar-refractivity contribution in [3.63, 3.8) is 0 Å². The Labute approximate surface area is 183 Å². The van der Waals surface area contributed by atoms with Crippen molar-refractivity contribution in [2.24, 2.45) is 5.92 Å². The molecular weight excluding hydrogens is 392 g/mol. The summed E-state index contributed by atoms with van der Waals surface area (Å²) in [6.45, 7) is 4.95. The second kappa shape index (κ2) is 10.5. The van der Waals surface area contributed by atoms with Crippen LogP contribution in [0.2, 0.25) is 0 Å². The minimum atomic E-state index is -0.666. The number of likely N-dealkylation sites (tertiary alicyclic amines) is 1. The smallest absolute Gasteiger partial charge is 0.319 e. The van der Waals surface area contributed by atoms with Crippen molar-refractivity contribution in [2.45, 2.75) is 38.8 Å². The van der Waals surface area contributed by atoms with Gasteiger partial charge >= 0.3 is 6.03 Å². The molecule has 0 aromatic heterocycles. The van der Waals surface area contributed by atoms with Gasteiger partial charge in [0.2, 0.25) is 0 Å². The van der Waals surface area contributed by atoms with Gasteiger partial charge in [-0.25, -0.2) is 4.79 Å². The molecule has 1 saturated heterocycles. The van der Waals surface area contributed by atoms with E-state index in [4.69, 9.17) is 4.74 Å². The van der Waals surface area contributed by atoms with E-state index in [2.05, 4.69) is 16.7 Å². The zero-order chi connectivity index (χ0) is 22.2. The molecule has 1 unspecified atom stereocenters. The Bertz CT molecular complexity index is 931. The number of carbonyl (C=O) groups excluding carboxylic acids is 2. The van der Waals surface area contributed by atoms with Gasteiger partial charge in [0.1, 0.15) is 11.8 Å². The maximum absolute atomic E-state index is 13.1. The summed E-state index contributed by atoms with van der Waals surface area (Å²) in [6.07, 6.45) is 0.682. The molecule has 1 atom stereocenters. The number of rotatable bonds is 6. The topological polar surface area (TPSA) is 94.5 Å². The standard InChI is InChI=1S/C24H28N4O3/c1-17(2)22(31-21-11-7-6-8-18(21)16-25)23(29)28-14-12-20(13-15-28)27-24(30)26-19-9-4-3-5-10-19/h3-11,17,20,22H,12-15H2,1-2H3,(H2,26,27,30). The molecule has 3 rings (SSSR count). The van der Waals surface area contributed by atoms with E-state index in [0.29, 0.717) is 37.2 Å². The average Bonchev–Trinajstić information content (AvgIpc) is 2.78. The van der Waals surface area contributed by atoms with Crippen LogP contribution in [0, 0.1) is 17.2 Å². The Morgan fingerprint density at radius 2 is 1.71 bits per heavy atom. The third-order valence-corrected chi connectivity index (χ3v) is 5.28. The van der Waals surface area contributed by atoms with Crippen molar-refractivity contribution in [1.29, 1.82) is 5.26 Å². The molecule has 0 bridgehead atoms. The van der Waals surface area contributed by atoms with Crippen LogP contribution in [-0.4, -0.2) is 42.1 Å². The molecule has 1 aliphatic rings. The maximum Gasteiger partial charge on any atom is 0.319 e. The number of para-hydroxylation sites is 2. The van der Waals surface area contributed by atoms with Crippen molar-refractivity contribution in [2.75, 3.05) is 18.4 Å². The molecule has 2 aromatic carbocycles. The third kappa shape index (κ3) is 5.98. The number of nitriles is 1. The molecule has 162 valence electrons. The molecule has 1 aliphatic heterocycles. The van der Waals surface area contributed by atoms with E-state index >= 15 is 0 Å². The molecule has 2 N–H and O–H groups in total. The first-order valence-electron chi connectivity index (χ1n) is 10.5.